The van der Waals surface area contributed by atoms with Crippen molar-refractivity contribution in [3.63, 3.8) is 0 Å². The molecule has 0 fully saturated rings. The summed E-state index contributed by atoms with van der Waals surface area (Å²) in [5.74, 6) is 0. The Balaban J connectivity index is 1.97. The molecule has 3 nitrogen and oxygen atoms in total. The van der Waals surface area contributed by atoms with Crippen LogP contribution in [0.25, 0.3) is 4.85 Å². The second-order valence-corrected chi connectivity index (χ2v) is 13.3. The van der Waals surface area contributed by atoms with E-state index in [1.54, 1.807) is 0 Å². The van der Waals surface area contributed by atoms with Gasteiger partial charge in [-0.3, -0.25) is 4.67 Å². The zero-order valence-electron chi connectivity index (χ0n) is 15.0. The Morgan fingerprint density at radius 1 is 1.39 bits per heavy atom. The van der Waals surface area contributed by atoms with E-state index in [9.17, 15) is 0 Å². The van der Waals surface area contributed by atoms with Gasteiger partial charge in [0.25, 0.3) is 0 Å². The van der Waals surface area contributed by atoms with Gasteiger partial charge in [-0.15, -0.1) is 0 Å². The minimum atomic E-state index is -1.67. The van der Waals surface area contributed by atoms with Crippen molar-refractivity contribution in [3.05, 3.63) is 40.7 Å². The summed E-state index contributed by atoms with van der Waals surface area (Å²) in [7, 11) is 1.20. The molecule has 1 aromatic carbocycles. The maximum Gasteiger partial charge on any atom is 0.192 e. The van der Waals surface area contributed by atoms with Crippen LogP contribution in [0.5, 0.6) is 0 Å². The molecule has 2 rings (SSSR count). The molecule has 23 heavy (non-hydrogen) atoms. The van der Waals surface area contributed by atoms with Crippen LogP contribution >= 0.6 is 9.39 Å². The number of benzene rings is 1. The molecule has 5 heteroatoms. The first kappa shape index (κ1) is 18.6. The summed E-state index contributed by atoms with van der Waals surface area (Å²) in [4.78, 5) is 3.66. The molecule has 0 N–H and O–H groups in total. The lowest BCUT2D eigenvalue weighted by atomic mass is 10.1. The van der Waals surface area contributed by atoms with Gasteiger partial charge < -0.3 is 4.43 Å². The van der Waals surface area contributed by atoms with Crippen LogP contribution < -0.4 is 0 Å². The van der Waals surface area contributed by atoms with Crippen LogP contribution in [0.15, 0.2) is 18.2 Å². The van der Waals surface area contributed by atoms with Crippen molar-refractivity contribution < 1.29 is 4.43 Å². The first-order valence-corrected chi connectivity index (χ1v) is 11.7. The van der Waals surface area contributed by atoms with Gasteiger partial charge in [-0.25, -0.2) is 4.85 Å². The maximum atomic E-state index is 7.31. The van der Waals surface area contributed by atoms with Gasteiger partial charge in [0.05, 0.1) is 6.57 Å². The van der Waals surface area contributed by atoms with Crippen LogP contribution in [-0.4, -0.2) is 26.1 Å². The van der Waals surface area contributed by atoms with Gasteiger partial charge in [-0.05, 0) is 42.1 Å². The Hall–Kier alpha value is -0.723. The Labute approximate surface area is 144 Å². The molecule has 0 spiro atoms. The molecule has 1 aliphatic carbocycles. The zero-order valence-corrected chi connectivity index (χ0v) is 17.2. The summed E-state index contributed by atoms with van der Waals surface area (Å²) in [6.07, 6.45) is 2.10. The fourth-order valence-corrected chi connectivity index (χ4v) is 4.29. The van der Waals surface area contributed by atoms with Gasteiger partial charge in [0.15, 0.2) is 14.0 Å². The topological polar surface area (TPSA) is 16.8 Å². The highest BCUT2D eigenvalue weighted by Gasteiger charge is 2.37. The summed E-state index contributed by atoms with van der Waals surface area (Å²) < 4.78 is 8.60. The molecule has 0 heterocycles. The van der Waals surface area contributed by atoms with E-state index in [1.807, 2.05) is 12.1 Å². The Morgan fingerprint density at radius 2 is 2.09 bits per heavy atom. The molecule has 126 valence electrons. The predicted molar refractivity (Wildman–Crippen MR) is 103 cm³/mol. The normalized spacial score (nSPS) is 18.1. The largest absolute Gasteiger partial charge is 0.416 e. The standard InChI is InChI=1S/C18H29N2OPSi/c1-18(2,3)23(5,6)21-13-12-20(22)17-11-10-14-15(17)8-7-9-16(14)19-4/h7-9,17H,10-13,22H2,1-3,5-6H3/t17-/m0/s1. The fraction of sp³-hybridized carbons (Fsp3) is 0.611. The molecule has 0 aliphatic heterocycles. The predicted octanol–water partition coefficient (Wildman–Crippen LogP) is 5.34. The smallest absolute Gasteiger partial charge is 0.192 e. The molecule has 0 saturated heterocycles. The van der Waals surface area contributed by atoms with E-state index in [1.165, 1.54) is 11.1 Å². The van der Waals surface area contributed by atoms with Crippen molar-refractivity contribution in [2.75, 3.05) is 13.2 Å². The van der Waals surface area contributed by atoms with E-state index in [2.05, 4.69) is 58.8 Å². The average Bonchev–Trinajstić information content (AvgIpc) is 2.89. The minimum Gasteiger partial charge on any atom is -0.416 e. The summed E-state index contributed by atoms with van der Waals surface area (Å²) in [6.45, 7) is 20.4. The van der Waals surface area contributed by atoms with Crippen molar-refractivity contribution in [2.45, 2.75) is 57.8 Å². The SMILES string of the molecule is [C-]#[N+]c1cccc2c1CC[C@@H]2N(P)CCO[Si](C)(C)C(C)(C)C. The molecule has 2 atom stereocenters. The highest BCUT2D eigenvalue weighted by atomic mass is 31.0. The molecular weight excluding hydrogens is 319 g/mol. The van der Waals surface area contributed by atoms with Crippen LogP contribution in [0, 0.1) is 6.57 Å². The van der Waals surface area contributed by atoms with Gasteiger partial charge in [0, 0.05) is 19.2 Å². The van der Waals surface area contributed by atoms with Crippen molar-refractivity contribution >= 4 is 23.4 Å². The second-order valence-electron chi connectivity index (χ2n) is 7.86. The molecule has 0 radical (unpaired) electrons. The number of hydrogen-bond donors (Lipinski definition) is 0. The fourth-order valence-electron chi connectivity index (χ4n) is 2.84. The van der Waals surface area contributed by atoms with Crippen molar-refractivity contribution in [1.29, 1.82) is 0 Å². The van der Waals surface area contributed by atoms with Crippen molar-refractivity contribution in [1.82, 2.24) is 4.67 Å². The van der Waals surface area contributed by atoms with Crippen molar-refractivity contribution in [3.8, 4) is 0 Å². The highest BCUT2D eigenvalue weighted by molar-refractivity contribution is 7.13. The van der Waals surface area contributed by atoms with Crippen LogP contribution in [0.2, 0.25) is 18.1 Å². The van der Waals surface area contributed by atoms with E-state index < -0.39 is 8.32 Å². The summed E-state index contributed by atoms with van der Waals surface area (Å²) >= 11 is 0. The highest BCUT2D eigenvalue weighted by Crippen LogP contribution is 2.41. The molecular formula is C18H29N2OPSi. The zero-order chi connectivity index (χ0) is 17.3. The lowest BCUT2D eigenvalue weighted by molar-refractivity contribution is 0.236. The van der Waals surface area contributed by atoms with E-state index in [-0.39, 0.29) is 5.04 Å². The molecule has 1 aromatic rings. The van der Waals surface area contributed by atoms with Crippen LogP contribution in [0.3, 0.4) is 0 Å². The number of nitrogens with zero attached hydrogens (tertiary/aromatic N) is 2. The summed E-state index contributed by atoms with van der Waals surface area (Å²) in [5, 5.41) is 0.253. The first-order chi connectivity index (χ1) is 10.7. The Kier molecular flexibility index (Phi) is 5.69. The van der Waals surface area contributed by atoms with E-state index in [0.717, 1.165) is 31.7 Å². The minimum absolute atomic E-state index is 0.253. The maximum absolute atomic E-state index is 7.31. The lowest BCUT2D eigenvalue weighted by Crippen LogP contribution is -2.42. The van der Waals surface area contributed by atoms with Gasteiger partial charge in [0.2, 0.25) is 0 Å². The van der Waals surface area contributed by atoms with Gasteiger partial charge in [0.1, 0.15) is 0 Å². The number of fused-ring (bicyclic) bond motifs is 1. The quantitative estimate of drug-likeness (QED) is 0.406. The van der Waals surface area contributed by atoms with E-state index >= 15 is 0 Å². The number of hydrogen-bond acceptors (Lipinski definition) is 2. The van der Waals surface area contributed by atoms with E-state index in [4.69, 9.17) is 11.0 Å². The Bertz CT molecular complexity index is 604. The third-order valence-corrected chi connectivity index (χ3v) is 10.5. The first-order valence-electron chi connectivity index (χ1n) is 8.32. The van der Waals surface area contributed by atoms with Crippen molar-refractivity contribution in [2.24, 2.45) is 0 Å². The summed E-state index contributed by atoms with van der Waals surface area (Å²) in [5.41, 5.74) is 3.38. The van der Waals surface area contributed by atoms with E-state index in [0.29, 0.717) is 6.04 Å². The molecule has 1 unspecified atom stereocenters. The molecule has 0 bridgehead atoms. The van der Waals surface area contributed by atoms with Crippen LogP contribution in [0.1, 0.15) is 44.4 Å². The van der Waals surface area contributed by atoms with Gasteiger partial charge in [-0.1, -0.05) is 48.4 Å². The molecule has 0 saturated carbocycles. The Morgan fingerprint density at radius 3 is 2.70 bits per heavy atom. The third-order valence-electron chi connectivity index (χ3n) is 5.35. The average molecular weight is 349 g/mol. The van der Waals surface area contributed by atoms with Gasteiger partial charge >= 0.3 is 0 Å². The lowest BCUT2D eigenvalue weighted by Gasteiger charge is -2.37. The van der Waals surface area contributed by atoms with Crippen LogP contribution in [-0.2, 0) is 10.8 Å². The molecule has 0 aromatic heterocycles. The molecule has 0 amide bonds. The third kappa shape index (κ3) is 4.03. The number of rotatable bonds is 5. The monoisotopic (exact) mass is 348 g/mol. The van der Waals surface area contributed by atoms with Crippen LogP contribution in [0.4, 0.5) is 5.69 Å². The van der Waals surface area contributed by atoms with Gasteiger partial charge in [-0.2, -0.15) is 0 Å². The molecule has 1 aliphatic rings. The second kappa shape index (κ2) is 7.03. The summed E-state index contributed by atoms with van der Waals surface area (Å²) in [6, 6.07) is 6.50.